The number of rotatable bonds is 1. The van der Waals surface area contributed by atoms with Crippen LogP contribution in [0, 0.1) is 6.92 Å². The second-order valence-corrected chi connectivity index (χ2v) is 2.77. The Bertz CT molecular complexity index is 351. The quantitative estimate of drug-likeness (QED) is 0.802. The molecule has 0 fully saturated rings. The van der Waals surface area contributed by atoms with Gasteiger partial charge < -0.3 is 5.32 Å². The van der Waals surface area contributed by atoms with Crippen LogP contribution in [0.4, 0.5) is 18.9 Å². The summed E-state index contributed by atoms with van der Waals surface area (Å²) in [6.07, 6.45) is -4.84. The van der Waals surface area contributed by atoms with E-state index in [2.05, 4.69) is 0 Å². The molecule has 0 aliphatic rings. The maximum Gasteiger partial charge on any atom is 0.471 e. The Labute approximate surface area is 90.9 Å². The Hall–Kier alpha value is -1.23. The van der Waals surface area contributed by atoms with E-state index in [9.17, 15) is 18.0 Å². The normalized spacial score (nSPS) is 10.4. The van der Waals surface area contributed by atoms with Crippen LogP contribution in [0.5, 0.6) is 0 Å². The minimum absolute atomic E-state index is 0. The summed E-state index contributed by atoms with van der Waals surface area (Å²) in [5, 5.41) is 1.79. The zero-order valence-electron chi connectivity index (χ0n) is 7.76. The fourth-order valence-electron chi connectivity index (χ4n) is 0.906. The van der Waals surface area contributed by atoms with Crippen molar-refractivity contribution in [3.05, 3.63) is 29.8 Å². The van der Waals surface area contributed by atoms with Gasteiger partial charge in [0.25, 0.3) is 0 Å². The van der Waals surface area contributed by atoms with E-state index >= 15 is 0 Å². The zero-order valence-corrected chi connectivity index (χ0v) is 8.58. The molecule has 1 N–H and O–H groups in total. The Morgan fingerprint density at radius 1 is 1.27 bits per heavy atom. The summed E-state index contributed by atoms with van der Waals surface area (Å²) < 4.78 is 35.6. The molecule has 1 aromatic carbocycles. The number of amides is 1. The van der Waals surface area contributed by atoms with Crippen LogP contribution in [0.3, 0.4) is 0 Å². The van der Waals surface area contributed by atoms with Gasteiger partial charge in [-0.05, 0) is 18.6 Å². The molecular formula is C9H9ClF3NO. The SMILES string of the molecule is Cc1ccccc1NC(=O)C(F)(F)F.Cl. The molecule has 0 spiro atoms. The number of aryl methyl sites for hydroxylation is 1. The molecule has 1 aromatic rings. The summed E-state index contributed by atoms with van der Waals surface area (Å²) >= 11 is 0. The van der Waals surface area contributed by atoms with E-state index in [4.69, 9.17) is 0 Å². The molecular weight excluding hydrogens is 231 g/mol. The average Bonchev–Trinajstić information content (AvgIpc) is 2.07. The molecule has 0 saturated carbocycles. The average molecular weight is 240 g/mol. The highest BCUT2D eigenvalue weighted by atomic mass is 35.5. The monoisotopic (exact) mass is 239 g/mol. The van der Waals surface area contributed by atoms with Gasteiger partial charge >= 0.3 is 12.1 Å². The summed E-state index contributed by atoms with van der Waals surface area (Å²) in [7, 11) is 0. The van der Waals surface area contributed by atoms with Gasteiger partial charge in [0.15, 0.2) is 0 Å². The van der Waals surface area contributed by atoms with Crippen molar-refractivity contribution in [2.24, 2.45) is 0 Å². The van der Waals surface area contributed by atoms with Crippen LogP contribution in [-0.4, -0.2) is 12.1 Å². The number of carbonyl (C=O) groups excluding carboxylic acids is 1. The van der Waals surface area contributed by atoms with E-state index in [-0.39, 0.29) is 18.1 Å². The molecule has 1 rings (SSSR count). The molecule has 1 amide bonds. The van der Waals surface area contributed by atoms with Crippen molar-refractivity contribution < 1.29 is 18.0 Å². The van der Waals surface area contributed by atoms with Crippen LogP contribution in [-0.2, 0) is 4.79 Å². The van der Waals surface area contributed by atoms with E-state index in [1.54, 1.807) is 30.4 Å². The van der Waals surface area contributed by atoms with Crippen molar-refractivity contribution in [1.29, 1.82) is 0 Å². The number of anilines is 1. The molecule has 6 heteroatoms. The third-order valence-corrected chi connectivity index (χ3v) is 1.65. The molecule has 15 heavy (non-hydrogen) atoms. The molecule has 0 atom stereocenters. The number of carbonyl (C=O) groups is 1. The number of benzene rings is 1. The van der Waals surface area contributed by atoms with E-state index in [0.717, 1.165) is 0 Å². The van der Waals surface area contributed by atoms with Crippen molar-refractivity contribution >= 4 is 24.0 Å². The lowest BCUT2D eigenvalue weighted by molar-refractivity contribution is -0.167. The Balaban J connectivity index is 0.00000196. The third kappa shape index (κ3) is 3.79. The first-order chi connectivity index (χ1) is 6.41. The summed E-state index contributed by atoms with van der Waals surface area (Å²) in [4.78, 5) is 10.6. The van der Waals surface area contributed by atoms with Crippen molar-refractivity contribution in [1.82, 2.24) is 0 Å². The van der Waals surface area contributed by atoms with Gasteiger partial charge in [-0.15, -0.1) is 12.4 Å². The number of hydrogen-bond donors (Lipinski definition) is 1. The second kappa shape index (κ2) is 5.02. The summed E-state index contributed by atoms with van der Waals surface area (Å²) in [5.41, 5.74) is 0.764. The lowest BCUT2D eigenvalue weighted by Crippen LogP contribution is -2.30. The first kappa shape index (κ1) is 13.8. The topological polar surface area (TPSA) is 29.1 Å². The third-order valence-electron chi connectivity index (χ3n) is 1.65. The number of para-hydroxylation sites is 1. The Morgan fingerprint density at radius 3 is 2.27 bits per heavy atom. The van der Waals surface area contributed by atoms with Crippen LogP contribution in [0.1, 0.15) is 5.56 Å². The van der Waals surface area contributed by atoms with Crippen molar-refractivity contribution in [3.8, 4) is 0 Å². The minimum Gasteiger partial charge on any atom is -0.318 e. The number of alkyl halides is 3. The maximum atomic E-state index is 11.9. The van der Waals surface area contributed by atoms with Gasteiger partial charge in [-0.25, -0.2) is 0 Å². The zero-order chi connectivity index (χ0) is 10.8. The Kier molecular flexibility index (Phi) is 4.61. The van der Waals surface area contributed by atoms with Gasteiger partial charge in [0, 0.05) is 5.69 Å². The summed E-state index contributed by atoms with van der Waals surface area (Å²) in [6, 6.07) is 6.27. The van der Waals surface area contributed by atoms with E-state index in [1.807, 2.05) is 0 Å². The largest absolute Gasteiger partial charge is 0.471 e. The van der Waals surface area contributed by atoms with Gasteiger partial charge in [0.1, 0.15) is 0 Å². The van der Waals surface area contributed by atoms with Gasteiger partial charge in [0.05, 0.1) is 0 Å². The molecule has 0 aliphatic heterocycles. The molecule has 0 radical (unpaired) electrons. The first-order valence-electron chi connectivity index (χ1n) is 3.85. The molecule has 0 aromatic heterocycles. The van der Waals surface area contributed by atoms with E-state index in [1.165, 1.54) is 6.07 Å². The van der Waals surface area contributed by atoms with Gasteiger partial charge in [0.2, 0.25) is 0 Å². The summed E-state index contributed by atoms with van der Waals surface area (Å²) in [6.45, 7) is 1.62. The van der Waals surface area contributed by atoms with E-state index in [0.29, 0.717) is 5.56 Å². The van der Waals surface area contributed by atoms with Gasteiger partial charge in [-0.3, -0.25) is 4.79 Å². The van der Waals surface area contributed by atoms with Crippen LogP contribution in [0.25, 0.3) is 0 Å². The minimum atomic E-state index is -4.84. The van der Waals surface area contributed by atoms with Crippen LogP contribution >= 0.6 is 12.4 Å². The van der Waals surface area contributed by atoms with Gasteiger partial charge in [-0.1, -0.05) is 18.2 Å². The predicted octanol–water partition coefficient (Wildman–Crippen LogP) is 2.92. The molecule has 0 saturated heterocycles. The highest BCUT2D eigenvalue weighted by molar-refractivity contribution is 5.95. The van der Waals surface area contributed by atoms with Crippen molar-refractivity contribution in [2.45, 2.75) is 13.1 Å². The smallest absolute Gasteiger partial charge is 0.318 e. The van der Waals surface area contributed by atoms with Crippen LogP contribution in [0.15, 0.2) is 24.3 Å². The number of nitrogens with one attached hydrogen (secondary N) is 1. The van der Waals surface area contributed by atoms with Crippen molar-refractivity contribution in [3.63, 3.8) is 0 Å². The lowest BCUT2D eigenvalue weighted by atomic mass is 10.2. The second-order valence-electron chi connectivity index (χ2n) is 2.77. The molecule has 0 aliphatic carbocycles. The van der Waals surface area contributed by atoms with Gasteiger partial charge in [-0.2, -0.15) is 13.2 Å². The highest BCUT2D eigenvalue weighted by Crippen LogP contribution is 2.19. The van der Waals surface area contributed by atoms with Crippen LogP contribution in [0.2, 0.25) is 0 Å². The Morgan fingerprint density at radius 2 is 1.80 bits per heavy atom. The molecule has 84 valence electrons. The van der Waals surface area contributed by atoms with E-state index < -0.39 is 12.1 Å². The first-order valence-corrected chi connectivity index (χ1v) is 3.85. The number of hydrogen-bond acceptors (Lipinski definition) is 1. The lowest BCUT2D eigenvalue weighted by Gasteiger charge is -2.09. The molecule has 0 bridgehead atoms. The molecule has 2 nitrogen and oxygen atoms in total. The summed E-state index contributed by atoms with van der Waals surface area (Å²) in [5.74, 6) is -1.95. The maximum absolute atomic E-state index is 11.9. The fourth-order valence-corrected chi connectivity index (χ4v) is 0.906. The van der Waals surface area contributed by atoms with Crippen LogP contribution < -0.4 is 5.32 Å². The molecule has 0 unspecified atom stereocenters. The number of halogens is 4. The highest BCUT2D eigenvalue weighted by Gasteiger charge is 2.38. The van der Waals surface area contributed by atoms with Crippen molar-refractivity contribution in [2.75, 3.05) is 5.32 Å². The molecule has 0 heterocycles. The standard InChI is InChI=1S/C9H8F3NO.ClH/c1-6-4-2-3-5-7(6)13-8(14)9(10,11)12;/h2-5H,1H3,(H,13,14);1H. The predicted molar refractivity (Wildman–Crippen MR) is 53.1 cm³/mol. The fraction of sp³-hybridized carbons (Fsp3) is 0.222.